The zero-order valence-corrected chi connectivity index (χ0v) is 17.2. The van der Waals surface area contributed by atoms with Gasteiger partial charge in [0.25, 0.3) is 0 Å². The third kappa shape index (κ3) is 2.60. The molecule has 9 heteroatoms. The zero-order valence-electron chi connectivity index (χ0n) is 17.2. The molecule has 1 aliphatic carbocycles. The minimum atomic E-state index is -0.913. The fraction of sp³-hybridized carbons (Fsp3) is 0.391. The van der Waals surface area contributed by atoms with Gasteiger partial charge in [0.15, 0.2) is 5.60 Å². The Hall–Kier alpha value is -3.49. The number of halogens is 1. The molecule has 1 spiro atoms. The van der Waals surface area contributed by atoms with Gasteiger partial charge < -0.3 is 14.4 Å². The van der Waals surface area contributed by atoms with Crippen molar-refractivity contribution in [3.05, 3.63) is 59.2 Å². The van der Waals surface area contributed by atoms with E-state index >= 15 is 4.39 Å². The van der Waals surface area contributed by atoms with Gasteiger partial charge in [-0.15, -0.1) is 0 Å². The molecule has 6 rings (SSSR count). The largest absolute Gasteiger partial charge is 0.449 e. The van der Waals surface area contributed by atoms with Crippen LogP contribution in [0.3, 0.4) is 0 Å². The lowest BCUT2D eigenvalue weighted by atomic mass is 9.92. The number of carbonyl (C=O) groups excluding carboxylic acids is 3. The molecule has 4 aliphatic rings. The zero-order chi connectivity index (χ0) is 22.1. The second-order valence-corrected chi connectivity index (χ2v) is 8.79. The normalized spacial score (nSPS) is 25.2. The van der Waals surface area contributed by atoms with E-state index < -0.39 is 28.9 Å². The maximum absolute atomic E-state index is 15.1. The molecule has 4 heterocycles. The van der Waals surface area contributed by atoms with Crippen molar-refractivity contribution in [3.63, 3.8) is 0 Å². The van der Waals surface area contributed by atoms with Gasteiger partial charge in [-0.05, 0) is 31.0 Å². The number of nitrogens with zero attached hydrogens (tertiary/aromatic N) is 3. The van der Waals surface area contributed by atoms with Crippen molar-refractivity contribution < 1.29 is 28.2 Å². The predicted molar refractivity (Wildman–Crippen MR) is 109 cm³/mol. The number of fused-ring (bicyclic) bond motifs is 2. The summed E-state index contributed by atoms with van der Waals surface area (Å²) in [6.07, 6.45) is 4.21. The summed E-state index contributed by atoms with van der Waals surface area (Å²) in [7, 11) is 0. The van der Waals surface area contributed by atoms with Crippen molar-refractivity contribution in [1.82, 2.24) is 9.88 Å². The van der Waals surface area contributed by atoms with Crippen LogP contribution in [0.2, 0.25) is 0 Å². The molecule has 0 N–H and O–H groups in total. The Morgan fingerprint density at radius 2 is 1.94 bits per heavy atom. The molecule has 8 nitrogen and oxygen atoms in total. The third-order valence-corrected chi connectivity index (χ3v) is 7.04. The van der Waals surface area contributed by atoms with E-state index in [1.165, 1.54) is 17.2 Å². The summed E-state index contributed by atoms with van der Waals surface area (Å²) < 4.78 is 25.8. The second kappa shape index (κ2) is 6.51. The van der Waals surface area contributed by atoms with E-state index in [1.54, 1.807) is 29.3 Å². The van der Waals surface area contributed by atoms with E-state index in [9.17, 15) is 14.4 Å². The fourth-order valence-electron chi connectivity index (χ4n) is 5.21. The van der Waals surface area contributed by atoms with Crippen molar-refractivity contribution in [1.29, 1.82) is 0 Å². The van der Waals surface area contributed by atoms with Gasteiger partial charge >= 0.3 is 12.1 Å². The van der Waals surface area contributed by atoms with E-state index in [-0.39, 0.29) is 19.1 Å². The summed E-state index contributed by atoms with van der Waals surface area (Å²) in [4.78, 5) is 44.7. The van der Waals surface area contributed by atoms with Crippen LogP contribution in [0, 0.1) is 5.82 Å². The van der Waals surface area contributed by atoms with Crippen LogP contribution in [0.15, 0.2) is 36.7 Å². The first-order chi connectivity index (χ1) is 15.4. The van der Waals surface area contributed by atoms with Gasteiger partial charge in [0, 0.05) is 36.5 Å². The smallest absolute Gasteiger partial charge is 0.414 e. The summed E-state index contributed by atoms with van der Waals surface area (Å²) in [5, 5.41) is 0. The first kappa shape index (κ1) is 19.2. The molecule has 0 bridgehead atoms. The number of benzene rings is 1. The minimum Gasteiger partial charge on any atom is -0.449 e. The highest BCUT2D eigenvalue weighted by molar-refractivity contribution is 5.96. The number of rotatable bonds is 3. The molecule has 3 aliphatic heterocycles. The topological polar surface area (TPSA) is 89.0 Å². The van der Waals surface area contributed by atoms with Crippen LogP contribution >= 0.6 is 0 Å². The molecule has 164 valence electrons. The molecule has 0 radical (unpaired) electrons. The number of cyclic esters (lactones) is 1. The maximum atomic E-state index is 15.1. The average molecular weight is 437 g/mol. The molecule has 1 unspecified atom stereocenters. The Morgan fingerprint density at radius 1 is 1.09 bits per heavy atom. The van der Waals surface area contributed by atoms with Crippen molar-refractivity contribution in [2.24, 2.45) is 0 Å². The molecule has 2 saturated heterocycles. The summed E-state index contributed by atoms with van der Waals surface area (Å²) in [6, 6.07) is 6.32. The number of likely N-dealkylation sites (tertiary alicyclic amines) is 1. The standard InChI is InChI=1S/C23H20FN3O5/c24-18-11-14(27-9-10-31-21(27)30)1-2-17(18)22(4-5-22)20(29)26-8-6-23(13-26)16-3-7-25-12-15(16)19(28)32-23/h1-3,7,11-12H,4-6,8-10,13H2. The van der Waals surface area contributed by atoms with Crippen molar-refractivity contribution in [2.75, 3.05) is 31.1 Å². The number of hydrogen-bond acceptors (Lipinski definition) is 6. The van der Waals surface area contributed by atoms with Gasteiger partial charge in [0.1, 0.15) is 12.4 Å². The summed E-state index contributed by atoms with van der Waals surface area (Å²) in [5.41, 5.74) is 0.173. The van der Waals surface area contributed by atoms with Gasteiger partial charge in [-0.3, -0.25) is 14.7 Å². The number of carbonyl (C=O) groups is 3. The number of anilines is 1. The Kier molecular flexibility index (Phi) is 3.91. The maximum Gasteiger partial charge on any atom is 0.414 e. The van der Waals surface area contributed by atoms with E-state index in [1.807, 2.05) is 0 Å². The number of aromatic nitrogens is 1. The van der Waals surface area contributed by atoms with Crippen LogP contribution in [-0.4, -0.2) is 54.1 Å². The van der Waals surface area contributed by atoms with Gasteiger partial charge in [0.05, 0.1) is 29.8 Å². The lowest BCUT2D eigenvalue weighted by molar-refractivity contribution is -0.134. The highest BCUT2D eigenvalue weighted by atomic mass is 19.1. The summed E-state index contributed by atoms with van der Waals surface area (Å²) in [6.45, 7) is 1.31. The van der Waals surface area contributed by atoms with Crippen LogP contribution < -0.4 is 4.90 Å². The van der Waals surface area contributed by atoms with Crippen molar-refractivity contribution in [2.45, 2.75) is 30.3 Å². The SMILES string of the molecule is O=C1OC2(CCN(C(=O)C3(c4ccc(N5CCOC5=O)cc4F)CC3)C2)c2ccncc21. The molecule has 1 aromatic heterocycles. The van der Waals surface area contributed by atoms with Crippen LogP contribution in [0.1, 0.15) is 40.7 Å². The van der Waals surface area contributed by atoms with Crippen LogP contribution in [-0.2, 0) is 25.3 Å². The van der Waals surface area contributed by atoms with Gasteiger partial charge in [-0.1, -0.05) is 6.07 Å². The number of amides is 2. The van der Waals surface area contributed by atoms with Crippen LogP contribution in [0.5, 0.6) is 0 Å². The van der Waals surface area contributed by atoms with Crippen molar-refractivity contribution in [3.8, 4) is 0 Å². The molecule has 32 heavy (non-hydrogen) atoms. The van der Waals surface area contributed by atoms with Crippen LogP contribution in [0.25, 0.3) is 0 Å². The van der Waals surface area contributed by atoms with Gasteiger partial charge in [0.2, 0.25) is 5.91 Å². The monoisotopic (exact) mass is 437 g/mol. The molecule has 1 atom stereocenters. The highest BCUT2D eigenvalue weighted by Crippen LogP contribution is 2.53. The Labute approximate surface area is 182 Å². The Balaban J connectivity index is 1.26. The Morgan fingerprint density at radius 3 is 2.66 bits per heavy atom. The molecule has 1 saturated carbocycles. The summed E-state index contributed by atoms with van der Waals surface area (Å²) in [5.74, 6) is -1.09. The van der Waals surface area contributed by atoms with Crippen LogP contribution in [0.4, 0.5) is 14.9 Å². The predicted octanol–water partition coefficient (Wildman–Crippen LogP) is 2.51. The average Bonchev–Trinajstić information content (AvgIpc) is 3.16. The molecular weight excluding hydrogens is 417 g/mol. The molecule has 2 aromatic rings. The van der Waals surface area contributed by atoms with Gasteiger partial charge in [-0.25, -0.2) is 14.0 Å². The number of esters is 1. The third-order valence-electron chi connectivity index (χ3n) is 7.04. The number of ether oxygens (including phenoxy) is 2. The first-order valence-corrected chi connectivity index (χ1v) is 10.7. The van der Waals surface area contributed by atoms with E-state index in [0.29, 0.717) is 49.2 Å². The number of pyridine rings is 1. The molecular formula is C23H20FN3O5. The highest BCUT2D eigenvalue weighted by Gasteiger charge is 2.58. The minimum absolute atomic E-state index is 0.153. The Bertz CT molecular complexity index is 1180. The van der Waals surface area contributed by atoms with Crippen molar-refractivity contribution >= 4 is 23.7 Å². The number of hydrogen-bond donors (Lipinski definition) is 0. The first-order valence-electron chi connectivity index (χ1n) is 10.7. The quantitative estimate of drug-likeness (QED) is 0.686. The molecule has 2 amide bonds. The van der Waals surface area contributed by atoms with Gasteiger partial charge in [-0.2, -0.15) is 0 Å². The van der Waals surface area contributed by atoms with E-state index in [0.717, 1.165) is 5.56 Å². The lowest BCUT2D eigenvalue weighted by Crippen LogP contribution is -2.40. The molecule has 3 fully saturated rings. The molecule has 1 aromatic carbocycles. The fourth-order valence-corrected chi connectivity index (χ4v) is 5.21. The second-order valence-electron chi connectivity index (χ2n) is 8.79. The van der Waals surface area contributed by atoms with E-state index in [4.69, 9.17) is 9.47 Å². The lowest BCUT2D eigenvalue weighted by Gasteiger charge is -2.27. The van der Waals surface area contributed by atoms with E-state index in [2.05, 4.69) is 4.98 Å². The summed E-state index contributed by atoms with van der Waals surface area (Å²) >= 11 is 0.